The van der Waals surface area contributed by atoms with Crippen LogP contribution in [-0.2, 0) is 0 Å². The molecule has 2 amide bonds. The molecule has 0 aromatic heterocycles. The number of carbonyl (C=O) groups excluding carboxylic acids is 1. The van der Waals surface area contributed by atoms with E-state index in [0.29, 0.717) is 10.7 Å². The van der Waals surface area contributed by atoms with Crippen LogP contribution in [0.1, 0.15) is 11.1 Å². The Hall–Kier alpha value is -2.33. The van der Waals surface area contributed by atoms with Crippen LogP contribution in [0.25, 0.3) is 6.08 Å². The van der Waals surface area contributed by atoms with E-state index in [4.69, 9.17) is 11.6 Å². The fourth-order valence-corrected chi connectivity index (χ4v) is 1.86. The molecule has 0 bridgehead atoms. The maximum Gasteiger partial charge on any atom is 0.323 e. The SMILES string of the molecule is Cc1c(Cl)cccc1NC(=O)N/C=C/c1ccc(F)cc1. The molecule has 0 radical (unpaired) electrons. The summed E-state index contributed by atoms with van der Waals surface area (Å²) in [5.41, 5.74) is 2.24. The normalized spacial score (nSPS) is 10.6. The lowest BCUT2D eigenvalue weighted by atomic mass is 10.2. The number of nitrogens with one attached hydrogen (secondary N) is 2. The quantitative estimate of drug-likeness (QED) is 0.856. The lowest BCUT2D eigenvalue weighted by Gasteiger charge is -2.08. The molecule has 0 unspecified atom stereocenters. The highest BCUT2D eigenvalue weighted by Crippen LogP contribution is 2.22. The first-order valence-corrected chi connectivity index (χ1v) is 6.69. The number of halogens is 2. The third-order valence-corrected chi connectivity index (χ3v) is 3.29. The number of benzene rings is 2. The molecule has 2 rings (SSSR count). The zero-order chi connectivity index (χ0) is 15.2. The molecular formula is C16H14ClFN2O. The van der Waals surface area contributed by atoms with E-state index in [1.165, 1.54) is 18.3 Å². The molecule has 2 aromatic carbocycles. The average molecular weight is 305 g/mol. The van der Waals surface area contributed by atoms with E-state index in [0.717, 1.165) is 11.1 Å². The summed E-state index contributed by atoms with van der Waals surface area (Å²) in [6.45, 7) is 1.83. The Labute approximate surface area is 127 Å². The Balaban J connectivity index is 1.93. The number of hydrogen-bond acceptors (Lipinski definition) is 1. The lowest BCUT2D eigenvalue weighted by molar-refractivity contribution is 0.255. The fourth-order valence-electron chi connectivity index (χ4n) is 1.69. The van der Waals surface area contributed by atoms with Crippen LogP contribution in [0.2, 0.25) is 5.02 Å². The molecule has 0 aliphatic heterocycles. The second kappa shape index (κ2) is 6.90. The van der Waals surface area contributed by atoms with Crippen LogP contribution in [0, 0.1) is 12.7 Å². The van der Waals surface area contributed by atoms with Crippen LogP contribution in [0.15, 0.2) is 48.7 Å². The molecule has 0 aliphatic rings. The molecule has 0 saturated heterocycles. The van der Waals surface area contributed by atoms with E-state index in [1.54, 1.807) is 36.4 Å². The van der Waals surface area contributed by atoms with Crippen molar-refractivity contribution in [1.29, 1.82) is 0 Å². The summed E-state index contributed by atoms with van der Waals surface area (Å²) in [4.78, 5) is 11.7. The van der Waals surface area contributed by atoms with Gasteiger partial charge in [-0.3, -0.25) is 0 Å². The van der Waals surface area contributed by atoms with Crippen molar-refractivity contribution in [3.05, 3.63) is 70.6 Å². The van der Waals surface area contributed by atoms with Crippen LogP contribution in [-0.4, -0.2) is 6.03 Å². The van der Waals surface area contributed by atoms with E-state index >= 15 is 0 Å². The molecule has 2 aromatic rings. The average Bonchev–Trinajstić information content (AvgIpc) is 2.46. The van der Waals surface area contributed by atoms with Crippen molar-refractivity contribution in [2.24, 2.45) is 0 Å². The third-order valence-electron chi connectivity index (χ3n) is 2.88. The second-order valence-corrected chi connectivity index (χ2v) is 4.80. The highest BCUT2D eigenvalue weighted by molar-refractivity contribution is 6.31. The highest BCUT2D eigenvalue weighted by Gasteiger charge is 2.04. The summed E-state index contributed by atoms with van der Waals surface area (Å²) in [5, 5.41) is 5.87. The Morgan fingerprint density at radius 2 is 1.90 bits per heavy atom. The summed E-state index contributed by atoms with van der Waals surface area (Å²) < 4.78 is 12.7. The number of rotatable bonds is 3. The molecule has 0 spiro atoms. The Morgan fingerprint density at radius 3 is 2.62 bits per heavy atom. The molecule has 5 heteroatoms. The maximum absolute atomic E-state index is 12.7. The number of anilines is 1. The van der Waals surface area contributed by atoms with Crippen LogP contribution in [0.3, 0.4) is 0 Å². The van der Waals surface area contributed by atoms with E-state index < -0.39 is 0 Å². The second-order valence-electron chi connectivity index (χ2n) is 4.40. The van der Waals surface area contributed by atoms with Gasteiger partial charge in [0.1, 0.15) is 5.82 Å². The molecular weight excluding hydrogens is 291 g/mol. The summed E-state index contributed by atoms with van der Waals surface area (Å²) >= 11 is 5.98. The monoisotopic (exact) mass is 304 g/mol. The third kappa shape index (κ3) is 4.33. The van der Waals surface area contributed by atoms with Crippen molar-refractivity contribution in [2.75, 3.05) is 5.32 Å². The molecule has 0 fully saturated rings. The molecule has 108 valence electrons. The van der Waals surface area contributed by atoms with Gasteiger partial charge < -0.3 is 10.6 Å². The molecule has 0 aliphatic carbocycles. The van der Waals surface area contributed by atoms with Crippen molar-refractivity contribution < 1.29 is 9.18 Å². The zero-order valence-electron chi connectivity index (χ0n) is 11.4. The standard InChI is InChI=1S/C16H14ClFN2O/c1-11-14(17)3-2-4-15(11)20-16(21)19-10-9-12-5-7-13(18)8-6-12/h2-10H,1H3,(H2,19,20,21)/b10-9+. The van der Waals surface area contributed by atoms with Crippen LogP contribution in [0.4, 0.5) is 14.9 Å². The lowest BCUT2D eigenvalue weighted by Crippen LogP contribution is -2.24. The van der Waals surface area contributed by atoms with E-state index in [9.17, 15) is 9.18 Å². The maximum atomic E-state index is 12.7. The first kappa shape index (κ1) is 15.1. The van der Waals surface area contributed by atoms with Gasteiger partial charge in [-0.15, -0.1) is 0 Å². The summed E-state index contributed by atoms with van der Waals surface area (Å²) in [6, 6.07) is 10.9. The molecule has 3 nitrogen and oxygen atoms in total. The summed E-state index contributed by atoms with van der Waals surface area (Å²) in [5.74, 6) is -0.297. The minimum absolute atomic E-state index is 0.297. The minimum Gasteiger partial charge on any atom is -0.314 e. The largest absolute Gasteiger partial charge is 0.323 e. The molecule has 0 saturated carbocycles. The molecule has 2 N–H and O–H groups in total. The van der Waals surface area contributed by atoms with Crippen LogP contribution < -0.4 is 10.6 Å². The van der Waals surface area contributed by atoms with E-state index in [-0.39, 0.29) is 11.8 Å². The van der Waals surface area contributed by atoms with Crippen molar-refractivity contribution in [1.82, 2.24) is 5.32 Å². The number of amides is 2. The topological polar surface area (TPSA) is 41.1 Å². The molecule has 21 heavy (non-hydrogen) atoms. The fraction of sp³-hybridized carbons (Fsp3) is 0.0625. The van der Waals surface area contributed by atoms with Gasteiger partial charge in [0, 0.05) is 16.9 Å². The predicted octanol–water partition coefficient (Wildman–Crippen LogP) is 4.58. The van der Waals surface area contributed by atoms with Crippen molar-refractivity contribution in [3.8, 4) is 0 Å². The predicted molar refractivity (Wildman–Crippen MR) is 83.8 cm³/mol. The van der Waals surface area contributed by atoms with Crippen molar-refractivity contribution >= 4 is 29.4 Å². The van der Waals surface area contributed by atoms with Gasteiger partial charge in [-0.05, 0) is 48.4 Å². The van der Waals surface area contributed by atoms with Gasteiger partial charge in [0.15, 0.2) is 0 Å². The Morgan fingerprint density at radius 1 is 1.19 bits per heavy atom. The van der Waals surface area contributed by atoms with Gasteiger partial charge >= 0.3 is 6.03 Å². The first-order chi connectivity index (χ1) is 10.1. The summed E-state index contributed by atoms with van der Waals surface area (Å²) in [7, 11) is 0. The first-order valence-electron chi connectivity index (χ1n) is 6.31. The van der Waals surface area contributed by atoms with E-state index in [1.807, 2.05) is 6.92 Å². The number of hydrogen-bond donors (Lipinski definition) is 2. The van der Waals surface area contributed by atoms with E-state index in [2.05, 4.69) is 10.6 Å². The molecule has 0 heterocycles. The van der Waals surface area contributed by atoms with Crippen molar-refractivity contribution in [3.63, 3.8) is 0 Å². The van der Waals surface area contributed by atoms with Gasteiger partial charge in [0.05, 0.1) is 0 Å². The van der Waals surface area contributed by atoms with Gasteiger partial charge in [-0.25, -0.2) is 9.18 Å². The summed E-state index contributed by atoms with van der Waals surface area (Å²) in [6.07, 6.45) is 3.16. The Bertz CT molecular complexity index is 668. The Kier molecular flexibility index (Phi) is 4.95. The smallest absolute Gasteiger partial charge is 0.314 e. The van der Waals surface area contributed by atoms with Crippen LogP contribution >= 0.6 is 11.6 Å². The minimum atomic E-state index is -0.376. The van der Waals surface area contributed by atoms with Crippen molar-refractivity contribution in [2.45, 2.75) is 6.92 Å². The highest BCUT2D eigenvalue weighted by atomic mass is 35.5. The van der Waals surface area contributed by atoms with Gasteiger partial charge in [-0.1, -0.05) is 29.8 Å². The number of urea groups is 1. The van der Waals surface area contributed by atoms with Gasteiger partial charge in [0.25, 0.3) is 0 Å². The van der Waals surface area contributed by atoms with Gasteiger partial charge in [0.2, 0.25) is 0 Å². The number of carbonyl (C=O) groups is 1. The molecule has 0 atom stereocenters. The van der Waals surface area contributed by atoms with Crippen LogP contribution in [0.5, 0.6) is 0 Å². The van der Waals surface area contributed by atoms with Gasteiger partial charge in [-0.2, -0.15) is 0 Å². The zero-order valence-corrected chi connectivity index (χ0v) is 12.1.